The van der Waals surface area contributed by atoms with Crippen LogP contribution in [0.4, 0.5) is 0 Å². The van der Waals surface area contributed by atoms with Crippen molar-refractivity contribution < 1.29 is 26.6 Å². The summed E-state index contributed by atoms with van der Waals surface area (Å²) in [6.07, 6.45) is 0. The van der Waals surface area contributed by atoms with Gasteiger partial charge in [0.05, 0.1) is 0 Å². The fourth-order valence-electron chi connectivity index (χ4n) is 14.0. The van der Waals surface area contributed by atoms with Crippen LogP contribution in [0.5, 0.6) is 34.5 Å². The maximum atomic E-state index is 6.74. The molecular weight excluding hydrogens is 1780 g/mol. The Balaban J connectivity index is 1.08. The minimum absolute atomic E-state index is 0.0465. The van der Waals surface area contributed by atoms with Crippen molar-refractivity contribution >= 4 is 49.9 Å². The molecule has 0 amide bonds. The summed E-state index contributed by atoms with van der Waals surface area (Å²) in [4.78, 5) is 0. The van der Waals surface area contributed by atoms with E-state index < -0.39 is 49.9 Å². The van der Waals surface area contributed by atoms with E-state index in [1.165, 1.54) is 0 Å². The Hall–Kier alpha value is -12.7. The van der Waals surface area contributed by atoms with Crippen LogP contribution < -0.4 is 26.6 Å². The van der Waals surface area contributed by atoms with E-state index in [1.807, 2.05) is 0 Å². The molecule has 0 N–H and O–H groups in total. The Morgan fingerprint density at radius 1 is 0.130 bits per heavy atom. The molecule has 0 spiro atoms. The Bertz CT molecular complexity index is 5820. The first-order chi connectivity index (χ1) is 64.6. The largest absolute Gasteiger partial charge is 0.544 e. The SMILES string of the molecule is CC(C)(C)[Si](C)(C)Oc1ccc(C#Cc2ccc(-c3c(-c4ccc(C#Cc5ccc(O[Si](C)(C)C(C)(C)C)cc5)cc4)c(-c4ccc(C#Cc5ccc(O[Si](C)(C)C(C)(C)C)cc5)cc4)c(-c4ccc(C#Cc5ccc(O[Si](C)(C)C(C)(C)C)cc5)cc4)c(-c4ccc(C#Cc5ccc(O[Si](C)(C)C(C)(C)C)cc5)cc4)c3-c3ccc(C#Cc4ccc(O[Si](C)(C)C(C)(C)C)cc4)cc3)cc2)cc1. The molecule has 0 aliphatic carbocycles. The van der Waals surface area contributed by atoms with Gasteiger partial charge in [-0.2, -0.15) is 0 Å². The Kier molecular flexibility index (Phi) is 30.4. The van der Waals surface area contributed by atoms with Gasteiger partial charge in [0.15, 0.2) is 0 Å². The molecule has 0 radical (unpaired) electrons. The van der Waals surface area contributed by atoms with Gasteiger partial charge < -0.3 is 26.6 Å². The quantitative estimate of drug-likeness (QED) is 0.0630. The normalized spacial score (nSPS) is 12.2. The molecule has 13 aromatic rings. The van der Waals surface area contributed by atoms with Crippen LogP contribution >= 0.6 is 0 Å². The topological polar surface area (TPSA) is 55.4 Å². The van der Waals surface area contributed by atoms with Crippen molar-refractivity contribution in [3.05, 3.63) is 358 Å². The van der Waals surface area contributed by atoms with Gasteiger partial charge in [-0.1, -0.05) is 268 Å². The minimum atomic E-state index is -2.09. The molecular formula is C126H138O6Si6. The van der Waals surface area contributed by atoms with Gasteiger partial charge in [-0.25, -0.2) is 0 Å². The molecule has 702 valence electrons. The summed E-state index contributed by atoms with van der Waals surface area (Å²) in [5.74, 6) is 47.8. The lowest BCUT2D eigenvalue weighted by Gasteiger charge is -2.36. The lowest BCUT2D eigenvalue weighted by molar-refractivity contribution is 0.492. The van der Waals surface area contributed by atoms with Gasteiger partial charge >= 0.3 is 0 Å². The van der Waals surface area contributed by atoms with E-state index in [9.17, 15) is 0 Å². The van der Waals surface area contributed by atoms with E-state index in [-0.39, 0.29) is 30.2 Å². The maximum Gasteiger partial charge on any atom is 0.250 e. The third-order valence-electron chi connectivity index (χ3n) is 28.8. The smallest absolute Gasteiger partial charge is 0.250 e. The third-order valence-corrected chi connectivity index (χ3v) is 55.0. The molecule has 0 heterocycles. The zero-order chi connectivity index (χ0) is 100.0. The van der Waals surface area contributed by atoms with E-state index in [0.29, 0.717) is 0 Å². The van der Waals surface area contributed by atoms with E-state index in [4.69, 9.17) is 26.6 Å². The Morgan fingerprint density at radius 2 is 0.210 bits per heavy atom. The van der Waals surface area contributed by atoms with Crippen molar-refractivity contribution in [3.63, 3.8) is 0 Å². The molecule has 12 heteroatoms. The van der Waals surface area contributed by atoms with Crippen LogP contribution in [-0.2, 0) is 0 Å². The first kappa shape index (κ1) is 103. The van der Waals surface area contributed by atoms with Gasteiger partial charge in [0.1, 0.15) is 34.5 Å². The summed E-state index contributed by atoms with van der Waals surface area (Å²) in [7, 11) is -12.6. The monoisotopic (exact) mass is 1910 g/mol. The second-order valence-corrected chi connectivity index (χ2v) is 73.9. The molecule has 13 aromatic carbocycles. The number of hydrogen-bond acceptors (Lipinski definition) is 6. The molecule has 0 bridgehead atoms. The van der Waals surface area contributed by atoms with Crippen LogP contribution in [0.1, 0.15) is 191 Å². The fourth-order valence-corrected chi connectivity index (χ4v) is 20.2. The lowest BCUT2D eigenvalue weighted by atomic mass is 9.74. The molecule has 0 saturated carbocycles. The fraction of sp³-hybridized carbons (Fsp3) is 0.286. The van der Waals surface area contributed by atoms with Crippen LogP contribution in [0.15, 0.2) is 291 Å². The second kappa shape index (κ2) is 40.8. The molecule has 13 rings (SSSR count). The van der Waals surface area contributed by atoms with Crippen LogP contribution in [0.3, 0.4) is 0 Å². The van der Waals surface area contributed by atoms with Crippen LogP contribution in [-0.4, -0.2) is 49.9 Å². The highest BCUT2D eigenvalue weighted by Gasteiger charge is 2.44. The number of hydrogen-bond donors (Lipinski definition) is 0. The average molecular weight is 1920 g/mol. The van der Waals surface area contributed by atoms with E-state index in [1.54, 1.807) is 0 Å². The molecule has 0 saturated heterocycles. The van der Waals surface area contributed by atoms with Crippen molar-refractivity contribution in [2.45, 2.75) is 233 Å². The molecule has 138 heavy (non-hydrogen) atoms. The van der Waals surface area contributed by atoms with Gasteiger partial charge in [0, 0.05) is 66.8 Å². The third kappa shape index (κ3) is 25.4. The van der Waals surface area contributed by atoms with E-state index >= 15 is 0 Å². The molecule has 0 aromatic heterocycles. The summed E-state index contributed by atoms with van der Waals surface area (Å²) in [5, 5.41) is 0.279. The highest BCUT2D eigenvalue weighted by Crippen LogP contribution is 2.57. The molecule has 0 aliphatic heterocycles. The summed E-state index contributed by atoms with van der Waals surface area (Å²) in [6, 6.07) is 102. The Labute approximate surface area is 833 Å². The molecule has 0 unspecified atom stereocenters. The van der Waals surface area contributed by atoms with E-state index in [0.717, 1.165) is 168 Å². The van der Waals surface area contributed by atoms with Gasteiger partial charge in [-0.3, -0.25) is 0 Å². The second-order valence-electron chi connectivity index (χ2n) is 45.5. The standard InChI is InChI=1S/C126H138O6Si6/c1-121(2,3)133(19,20)127-109-79-55-97(56-80-109)37-31-91-43-67-103(68-44-91)115-116(104-69-45-92(46-70-104)32-38-98-57-81-110(82-58-98)128-134(21,22)122(4,5)6)118(106-73-49-94(50-74-106)34-40-100-61-85-112(86-62-100)130-136(25,26)124(10,11)12)120(108-77-53-96(54-78-108)36-42-102-65-89-114(90-66-102)132-138(29,30)126(16,17)18)119(107-75-51-95(52-76-107)35-41-101-63-87-113(88-64-101)131-137(27,28)125(13,14)15)117(115)105-71-47-93(48-72-105)33-39-99-59-83-111(84-60-99)129-135(23,24)123(7,8)9/h43-90H,1-30H3. The molecule has 0 atom stereocenters. The summed E-state index contributed by atoms with van der Waals surface area (Å²) < 4.78 is 40.4. The molecule has 0 aliphatic rings. The first-order valence-electron chi connectivity index (χ1n) is 48.3. The van der Waals surface area contributed by atoms with Crippen LogP contribution in [0, 0.1) is 71.0 Å². The predicted octanol–water partition coefficient (Wildman–Crippen LogP) is 34.4. The van der Waals surface area contributed by atoms with Crippen LogP contribution in [0.25, 0.3) is 66.8 Å². The number of rotatable bonds is 18. The molecule has 6 nitrogen and oxygen atoms in total. The summed E-state index contributed by atoms with van der Waals surface area (Å²) >= 11 is 0. The van der Waals surface area contributed by atoms with Crippen molar-refractivity contribution in [2.75, 3.05) is 0 Å². The van der Waals surface area contributed by atoms with Gasteiger partial charge in [0.25, 0.3) is 0 Å². The first-order valence-corrected chi connectivity index (χ1v) is 65.8. The number of benzene rings is 13. The average Bonchev–Trinajstić information content (AvgIpc) is 0.711. The zero-order valence-electron chi connectivity index (χ0n) is 87.2. The summed E-state index contributed by atoms with van der Waals surface area (Å²) in [5.41, 5.74) is 22.3. The van der Waals surface area contributed by atoms with Crippen molar-refractivity contribution in [1.29, 1.82) is 0 Å². The van der Waals surface area contributed by atoms with Gasteiger partial charge in [-0.05, 0) is 394 Å². The highest BCUT2D eigenvalue weighted by atomic mass is 28.4. The van der Waals surface area contributed by atoms with Crippen molar-refractivity contribution in [2.24, 2.45) is 0 Å². The molecule has 0 fully saturated rings. The highest BCUT2D eigenvalue weighted by molar-refractivity contribution is 6.77. The van der Waals surface area contributed by atoms with E-state index in [2.05, 4.69) is 565 Å². The zero-order valence-corrected chi connectivity index (χ0v) is 93.2. The Morgan fingerprint density at radius 3 is 0.290 bits per heavy atom. The minimum Gasteiger partial charge on any atom is -0.544 e. The van der Waals surface area contributed by atoms with Crippen LogP contribution in [0.2, 0.25) is 109 Å². The predicted molar refractivity (Wildman–Crippen MR) is 601 cm³/mol. The maximum absolute atomic E-state index is 6.74. The van der Waals surface area contributed by atoms with Gasteiger partial charge in [0.2, 0.25) is 49.9 Å². The summed E-state index contributed by atoms with van der Waals surface area (Å²) in [6.45, 7) is 68.1. The van der Waals surface area contributed by atoms with Gasteiger partial charge in [-0.15, -0.1) is 0 Å². The lowest BCUT2D eigenvalue weighted by Crippen LogP contribution is -2.43. The van der Waals surface area contributed by atoms with Crippen molar-refractivity contribution in [1.82, 2.24) is 0 Å². The van der Waals surface area contributed by atoms with Crippen molar-refractivity contribution in [3.8, 4) is 172 Å².